The minimum atomic E-state index is -0.136. The van der Waals surface area contributed by atoms with E-state index in [4.69, 9.17) is 9.26 Å². The van der Waals surface area contributed by atoms with E-state index in [1.807, 2.05) is 41.8 Å². The quantitative estimate of drug-likeness (QED) is 0.458. The number of thiophene rings is 1. The molecule has 0 radical (unpaired) electrons. The summed E-state index contributed by atoms with van der Waals surface area (Å²) in [5, 5.41) is 15.7. The Hall–Kier alpha value is -3.53. The molecule has 0 aliphatic carbocycles. The molecule has 148 valence electrons. The molecule has 10 heteroatoms. The van der Waals surface area contributed by atoms with Crippen LogP contribution in [0.4, 0.5) is 0 Å². The highest BCUT2D eigenvalue weighted by Gasteiger charge is 2.12. The van der Waals surface area contributed by atoms with Crippen LogP contribution in [0.1, 0.15) is 18.1 Å². The summed E-state index contributed by atoms with van der Waals surface area (Å²) in [6.07, 6.45) is 0.614. The van der Waals surface area contributed by atoms with Gasteiger partial charge in [-0.3, -0.25) is 9.89 Å². The molecule has 9 nitrogen and oxygen atoms in total. The van der Waals surface area contributed by atoms with Gasteiger partial charge in [0, 0.05) is 18.4 Å². The van der Waals surface area contributed by atoms with Crippen LogP contribution < -0.4 is 10.1 Å². The molecule has 4 aromatic rings. The molecule has 3 heterocycles. The summed E-state index contributed by atoms with van der Waals surface area (Å²) in [5.41, 5.74) is 0.859. The van der Waals surface area contributed by atoms with Crippen LogP contribution in [-0.2, 0) is 17.8 Å². The van der Waals surface area contributed by atoms with Crippen molar-refractivity contribution in [2.45, 2.75) is 19.4 Å². The predicted molar refractivity (Wildman–Crippen MR) is 106 cm³/mol. The average Bonchev–Trinajstić information content (AvgIpc) is 3.52. The molecule has 1 amide bonds. The number of ether oxygens (including phenoxy) is 1. The Morgan fingerprint density at radius 2 is 2.07 bits per heavy atom. The molecule has 0 unspecified atom stereocenters. The molecule has 0 atom stereocenters. The molecule has 1 aromatic carbocycles. The van der Waals surface area contributed by atoms with Crippen LogP contribution >= 0.6 is 11.3 Å². The third-order valence-electron chi connectivity index (χ3n) is 4.11. The topological polar surface area (TPSA) is 119 Å². The van der Waals surface area contributed by atoms with Crippen LogP contribution in [0.3, 0.4) is 0 Å². The highest BCUT2D eigenvalue weighted by atomic mass is 32.1. The molecule has 4 rings (SSSR count). The first kappa shape index (κ1) is 18.8. The summed E-state index contributed by atoms with van der Waals surface area (Å²) < 4.78 is 10.3. The fourth-order valence-electron chi connectivity index (χ4n) is 2.60. The van der Waals surface area contributed by atoms with Crippen LogP contribution in [0.25, 0.3) is 22.1 Å². The number of aromatic amines is 1. The second-order valence-corrected chi connectivity index (χ2v) is 7.05. The van der Waals surface area contributed by atoms with Gasteiger partial charge >= 0.3 is 0 Å². The van der Waals surface area contributed by atoms with E-state index in [1.165, 1.54) is 11.3 Å². The summed E-state index contributed by atoms with van der Waals surface area (Å²) in [5.74, 6) is 2.74. The summed E-state index contributed by atoms with van der Waals surface area (Å²) in [7, 11) is 1.61. The lowest BCUT2D eigenvalue weighted by molar-refractivity contribution is -0.121. The van der Waals surface area contributed by atoms with Crippen molar-refractivity contribution in [1.82, 2.24) is 30.6 Å². The van der Waals surface area contributed by atoms with Gasteiger partial charge in [-0.05, 0) is 35.7 Å². The smallest absolute Gasteiger partial charge is 0.227 e. The Balaban J connectivity index is 1.26. The first-order valence-electron chi connectivity index (χ1n) is 8.90. The predicted octanol–water partition coefficient (Wildman–Crippen LogP) is 2.84. The minimum Gasteiger partial charge on any atom is -0.497 e. The van der Waals surface area contributed by atoms with Gasteiger partial charge in [0.05, 0.1) is 18.5 Å². The summed E-state index contributed by atoms with van der Waals surface area (Å²) in [6.45, 7) is 0.256. The van der Waals surface area contributed by atoms with Crippen LogP contribution in [0, 0.1) is 0 Å². The van der Waals surface area contributed by atoms with E-state index in [0.717, 1.165) is 16.2 Å². The van der Waals surface area contributed by atoms with Crippen molar-refractivity contribution in [3.63, 3.8) is 0 Å². The van der Waals surface area contributed by atoms with E-state index >= 15 is 0 Å². The second-order valence-electron chi connectivity index (χ2n) is 6.10. The lowest BCUT2D eigenvalue weighted by Gasteiger charge is -2.01. The van der Waals surface area contributed by atoms with Gasteiger partial charge in [-0.1, -0.05) is 11.2 Å². The van der Waals surface area contributed by atoms with Gasteiger partial charge in [-0.25, -0.2) is 4.98 Å². The monoisotopic (exact) mass is 410 g/mol. The highest BCUT2D eigenvalue weighted by molar-refractivity contribution is 7.13. The molecule has 0 aliphatic rings. The largest absolute Gasteiger partial charge is 0.497 e. The Bertz CT molecular complexity index is 1070. The van der Waals surface area contributed by atoms with E-state index in [0.29, 0.717) is 29.8 Å². The fourth-order valence-corrected chi connectivity index (χ4v) is 3.25. The Kier molecular flexibility index (Phi) is 5.61. The zero-order chi connectivity index (χ0) is 20.1. The number of nitrogens with one attached hydrogen (secondary N) is 2. The molecule has 29 heavy (non-hydrogen) atoms. The number of methoxy groups -OCH3 is 1. The van der Waals surface area contributed by atoms with Crippen molar-refractivity contribution in [2.24, 2.45) is 0 Å². The number of carbonyl (C=O) groups is 1. The number of H-pyrrole nitrogens is 1. The van der Waals surface area contributed by atoms with Crippen molar-refractivity contribution in [1.29, 1.82) is 0 Å². The lowest BCUT2D eigenvalue weighted by atomic mass is 10.2. The summed E-state index contributed by atoms with van der Waals surface area (Å²) in [6, 6.07) is 11.3. The molecule has 0 saturated carbocycles. The zero-order valence-corrected chi connectivity index (χ0v) is 16.4. The van der Waals surface area contributed by atoms with Crippen LogP contribution in [0.15, 0.2) is 46.3 Å². The highest BCUT2D eigenvalue weighted by Crippen LogP contribution is 2.21. The van der Waals surface area contributed by atoms with E-state index in [1.54, 1.807) is 7.11 Å². The Morgan fingerprint density at radius 3 is 2.83 bits per heavy atom. The maximum atomic E-state index is 12.1. The maximum Gasteiger partial charge on any atom is 0.227 e. The number of carbonyl (C=O) groups excluding carboxylic acids is 1. The molecule has 2 N–H and O–H groups in total. The third kappa shape index (κ3) is 4.66. The van der Waals surface area contributed by atoms with Crippen molar-refractivity contribution in [2.75, 3.05) is 7.11 Å². The van der Waals surface area contributed by atoms with E-state index in [9.17, 15) is 4.79 Å². The van der Waals surface area contributed by atoms with Crippen molar-refractivity contribution < 1.29 is 14.1 Å². The van der Waals surface area contributed by atoms with E-state index in [-0.39, 0.29) is 18.9 Å². The first-order valence-corrected chi connectivity index (χ1v) is 9.78. The van der Waals surface area contributed by atoms with Gasteiger partial charge in [0.1, 0.15) is 11.6 Å². The van der Waals surface area contributed by atoms with Gasteiger partial charge in [0.15, 0.2) is 5.82 Å². The SMILES string of the molecule is COc1ccc(-c2n[nH]c(CNC(=O)CCc3nc(-c4cccs4)no3)n2)cc1. The number of aromatic nitrogens is 5. The number of hydrogen-bond donors (Lipinski definition) is 2. The lowest BCUT2D eigenvalue weighted by Crippen LogP contribution is -2.23. The van der Waals surface area contributed by atoms with Gasteiger partial charge in [-0.2, -0.15) is 10.1 Å². The van der Waals surface area contributed by atoms with Crippen LogP contribution in [0.2, 0.25) is 0 Å². The normalized spacial score (nSPS) is 10.8. The third-order valence-corrected chi connectivity index (χ3v) is 4.97. The number of nitrogens with zero attached hydrogens (tertiary/aromatic N) is 4. The van der Waals surface area contributed by atoms with Crippen molar-refractivity contribution in [3.8, 4) is 27.8 Å². The number of amides is 1. The number of hydrogen-bond acceptors (Lipinski definition) is 8. The van der Waals surface area contributed by atoms with Crippen LogP contribution in [0.5, 0.6) is 5.75 Å². The van der Waals surface area contributed by atoms with Gasteiger partial charge in [0.2, 0.25) is 17.6 Å². The Labute approximate surface area is 170 Å². The minimum absolute atomic E-state index is 0.136. The van der Waals surface area contributed by atoms with Gasteiger partial charge < -0.3 is 14.6 Å². The van der Waals surface area contributed by atoms with Crippen molar-refractivity contribution in [3.05, 3.63) is 53.5 Å². The summed E-state index contributed by atoms with van der Waals surface area (Å²) >= 11 is 1.53. The molecule has 0 saturated heterocycles. The van der Waals surface area contributed by atoms with E-state index in [2.05, 4.69) is 30.6 Å². The summed E-state index contributed by atoms with van der Waals surface area (Å²) in [4.78, 5) is 21.7. The molecule has 3 aromatic heterocycles. The number of aryl methyl sites for hydroxylation is 1. The molecule has 0 fully saturated rings. The van der Waals surface area contributed by atoms with Gasteiger partial charge in [0.25, 0.3) is 0 Å². The number of benzene rings is 1. The average molecular weight is 410 g/mol. The molecule has 0 bridgehead atoms. The molecule has 0 spiro atoms. The Morgan fingerprint density at radius 1 is 1.21 bits per heavy atom. The van der Waals surface area contributed by atoms with E-state index < -0.39 is 0 Å². The van der Waals surface area contributed by atoms with Gasteiger partial charge in [-0.15, -0.1) is 11.3 Å². The molecular weight excluding hydrogens is 392 g/mol. The second kappa shape index (κ2) is 8.65. The number of rotatable bonds is 8. The fraction of sp³-hybridized carbons (Fsp3) is 0.211. The molecule has 0 aliphatic heterocycles. The van der Waals surface area contributed by atoms with Crippen LogP contribution in [-0.4, -0.2) is 38.3 Å². The standard InChI is InChI=1S/C19H18N6O3S/c1-27-13-6-4-12(5-7-13)18-21-15(23-24-18)11-20-16(26)8-9-17-22-19(25-28-17)14-3-2-10-29-14/h2-7,10H,8-9,11H2,1H3,(H,20,26)(H,21,23,24). The zero-order valence-electron chi connectivity index (χ0n) is 15.6. The van der Waals surface area contributed by atoms with Crippen molar-refractivity contribution >= 4 is 17.2 Å². The first-order chi connectivity index (χ1) is 14.2. The maximum absolute atomic E-state index is 12.1. The molecular formula is C19H18N6O3S.